The van der Waals surface area contributed by atoms with Crippen LogP contribution in [0.15, 0.2) is 12.3 Å². The lowest BCUT2D eigenvalue weighted by atomic mass is 9.96. The van der Waals surface area contributed by atoms with Crippen LogP contribution in [0.3, 0.4) is 0 Å². The Bertz CT molecular complexity index is 395. The lowest BCUT2D eigenvalue weighted by molar-refractivity contribution is 0.119. The van der Waals surface area contributed by atoms with Crippen molar-refractivity contribution >= 4 is 11.8 Å². The Labute approximate surface area is 119 Å². The molecule has 0 amide bonds. The topological polar surface area (TPSA) is 38.0 Å². The van der Waals surface area contributed by atoms with Crippen molar-refractivity contribution in [3.8, 4) is 0 Å². The van der Waals surface area contributed by atoms with Gasteiger partial charge in [-0.2, -0.15) is 16.9 Å². The van der Waals surface area contributed by atoms with Crippen molar-refractivity contribution in [3.05, 3.63) is 18.0 Å². The maximum atomic E-state index is 10.3. The second-order valence-corrected chi connectivity index (χ2v) is 7.12. The van der Waals surface area contributed by atoms with Crippen LogP contribution >= 0.6 is 11.8 Å². The maximum absolute atomic E-state index is 10.3. The van der Waals surface area contributed by atoms with Crippen LogP contribution in [-0.2, 0) is 6.42 Å². The van der Waals surface area contributed by atoms with E-state index in [4.69, 9.17) is 5.10 Å². The first-order valence-corrected chi connectivity index (χ1v) is 8.78. The fourth-order valence-electron chi connectivity index (χ4n) is 3.27. The van der Waals surface area contributed by atoms with Crippen molar-refractivity contribution in [3.63, 3.8) is 0 Å². The molecule has 2 atom stereocenters. The Morgan fingerprint density at radius 1 is 1.32 bits per heavy atom. The zero-order valence-corrected chi connectivity index (χ0v) is 12.3. The van der Waals surface area contributed by atoms with Gasteiger partial charge in [-0.25, -0.2) is 0 Å². The monoisotopic (exact) mass is 280 g/mol. The molecule has 1 aromatic heterocycles. The van der Waals surface area contributed by atoms with Crippen LogP contribution in [0, 0.1) is 5.92 Å². The lowest BCUT2D eigenvalue weighted by Gasteiger charge is -2.22. The van der Waals surface area contributed by atoms with Gasteiger partial charge >= 0.3 is 0 Å². The molecule has 2 fully saturated rings. The molecule has 106 valence electrons. The summed E-state index contributed by atoms with van der Waals surface area (Å²) in [7, 11) is 0. The Kier molecular flexibility index (Phi) is 4.49. The first kappa shape index (κ1) is 13.5. The zero-order chi connectivity index (χ0) is 13.1. The minimum absolute atomic E-state index is 0.204. The van der Waals surface area contributed by atoms with E-state index in [1.165, 1.54) is 37.9 Å². The molecule has 2 heterocycles. The van der Waals surface area contributed by atoms with Gasteiger partial charge in [0, 0.05) is 12.6 Å². The van der Waals surface area contributed by atoms with Crippen LogP contribution in [0.2, 0.25) is 0 Å². The fourth-order valence-corrected chi connectivity index (χ4v) is 4.60. The summed E-state index contributed by atoms with van der Waals surface area (Å²) in [5, 5.41) is 15.0. The SMILES string of the molecule is OC(Cc1ccn(C2CCCCC2)n1)C1CCSC1. The Balaban J connectivity index is 1.57. The summed E-state index contributed by atoms with van der Waals surface area (Å²) >= 11 is 1.96. The minimum Gasteiger partial charge on any atom is -0.392 e. The van der Waals surface area contributed by atoms with E-state index in [-0.39, 0.29) is 6.10 Å². The fraction of sp³-hybridized carbons (Fsp3) is 0.800. The number of hydrogen-bond donors (Lipinski definition) is 1. The third-order valence-electron chi connectivity index (χ3n) is 4.54. The van der Waals surface area contributed by atoms with Crippen molar-refractivity contribution < 1.29 is 5.11 Å². The molecule has 19 heavy (non-hydrogen) atoms. The predicted molar refractivity (Wildman–Crippen MR) is 79.5 cm³/mol. The highest BCUT2D eigenvalue weighted by Gasteiger charge is 2.24. The van der Waals surface area contributed by atoms with E-state index in [0.717, 1.165) is 24.3 Å². The molecule has 1 saturated carbocycles. The van der Waals surface area contributed by atoms with E-state index in [2.05, 4.69) is 16.9 Å². The Morgan fingerprint density at radius 3 is 2.89 bits per heavy atom. The molecular formula is C15H24N2OS. The third-order valence-corrected chi connectivity index (χ3v) is 5.73. The zero-order valence-electron chi connectivity index (χ0n) is 11.5. The Hall–Kier alpha value is -0.480. The van der Waals surface area contributed by atoms with Gasteiger partial charge in [-0.3, -0.25) is 4.68 Å². The summed E-state index contributed by atoms with van der Waals surface area (Å²) in [6.07, 6.45) is 10.4. The van der Waals surface area contributed by atoms with Gasteiger partial charge in [0.05, 0.1) is 17.8 Å². The molecule has 0 aromatic carbocycles. The molecular weight excluding hydrogens is 256 g/mol. The van der Waals surface area contributed by atoms with Gasteiger partial charge in [0.15, 0.2) is 0 Å². The number of aliphatic hydroxyl groups excluding tert-OH is 1. The maximum Gasteiger partial charge on any atom is 0.0650 e. The van der Waals surface area contributed by atoms with Crippen molar-refractivity contribution in [2.24, 2.45) is 5.92 Å². The highest BCUT2D eigenvalue weighted by Crippen LogP contribution is 2.29. The van der Waals surface area contributed by atoms with Crippen LogP contribution in [-0.4, -0.2) is 32.5 Å². The molecule has 0 bridgehead atoms. The van der Waals surface area contributed by atoms with Crippen LogP contribution in [0.4, 0.5) is 0 Å². The molecule has 2 aliphatic rings. The van der Waals surface area contributed by atoms with Crippen molar-refractivity contribution in [1.29, 1.82) is 0 Å². The first-order valence-electron chi connectivity index (χ1n) is 7.63. The molecule has 1 aliphatic carbocycles. The van der Waals surface area contributed by atoms with Gasteiger partial charge in [0.25, 0.3) is 0 Å². The Morgan fingerprint density at radius 2 is 2.16 bits per heavy atom. The molecule has 1 aromatic rings. The largest absolute Gasteiger partial charge is 0.392 e. The predicted octanol–water partition coefficient (Wildman–Crippen LogP) is 3.04. The van der Waals surface area contributed by atoms with Crippen LogP contribution in [0.1, 0.15) is 50.3 Å². The molecule has 3 rings (SSSR count). The number of thioether (sulfide) groups is 1. The van der Waals surface area contributed by atoms with E-state index in [1.54, 1.807) is 0 Å². The smallest absolute Gasteiger partial charge is 0.0650 e. The molecule has 1 N–H and O–H groups in total. The molecule has 4 heteroatoms. The summed E-state index contributed by atoms with van der Waals surface area (Å²) in [4.78, 5) is 0. The van der Waals surface area contributed by atoms with Gasteiger partial charge in [-0.15, -0.1) is 0 Å². The second kappa shape index (κ2) is 6.31. The standard InChI is InChI=1S/C15H24N2OS/c18-15(12-7-9-19-11-12)10-13-6-8-17(16-13)14-4-2-1-3-5-14/h6,8,12,14-15,18H,1-5,7,9-11H2. The highest BCUT2D eigenvalue weighted by molar-refractivity contribution is 7.99. The van der Waals surface area contributed by atoms with Gasteiger partial charge < -0.3 is 5.11 Å². The van der Waals surface area contributed by atoms with E-state index in [9.17, 15) is 5.11 Å². The molecule has 1 saturated heterocycles. The second-order valence-electron chi connectivity index (χ2n) is 5.97. The summed E-state index contributed by atoms with van der Waals surface area (Å²) in [5.41, 5.74) is 1.06. The summed E-state index contributed by atoms with van der Waals surface area (Å²) < 4.78 is 2.14. The number of aliphatic hydroxyl groups is 1. The van der Waals surface area contributed by atoms with Gasteiger partial charge in [0.1, 0.15) is 0 Å². The molecule has 0 radical (unpaired) electrons. The summed E-state index contributed by atoms with van der Waals surface area (Å²) in [6, 6.07) is 2.70. The van der Waals surface area contributed by atoms with E-state index < -0.39 is 0 Å². The van der Waals surface area contributed by atoms with Crippen LogP contribution in [0.5, 0.6) is 0 Å². The third kappa shape index (κ3) is 3.34. The molecule has 3 nitrogen and oxygen atoms in total. The number of hydrogen-bond acceptors (Lipinski definition) is 3. The number of rotatable bonds is 4. The minimum atomic E-state index is -0.204. The van der Waals surface area contributed by atoms with E-state index in [0.29, 0.717) is 12.0 Å². The lowest BCUT2D eigenvalue weighted by Crippen LogP contribution is -2.23. The first-order chi connectivity index (χ1) is 9.33. The molecule has 0 spiro atoms. The van der Waals surface area contributed by atoms with Crippen LogP contribution in [0.25, 0.3) is 0 Å². The van der Waals surface area contributed by atoms with E-state index in [1.807, 2.05) is 11.8 Å². The van der Waals surface area contributed by atoms with Crippen LogP contribution < -0.4 is 0 Å². The van der Waals surface area contributed by atoms with Gasteiger partial charge in [-0.1, -0.05) is 19.3 Å². The van der Waals surface area contributed by atoms with Crippen molar-refractivity contribution in [1.82, 2.24) is 9.78 Å². The van der Waals surface area contributed by atoms with Gasteiger partial charge in [0.2, 0.25) is 0 Å². The van der Waals surface area contributed by atoms with Crippen molar-refractivity contribution in [2.75, 3.05) is 11.5 Å². The number of aromatic nitrogens is 2. The normalized spacial score (nSPS) is 26.7. The average molecular weight is 280 g/mol. The van der Waals surface area contributed by atoms with Gasteiger partial charge in [-0.05, 0) is 42.8 Å². The quantitative estimate of drug-likeness (QED) is 0.921. The highest BCUT2D eigenvalue weighted by atomic mass is 32.2. The number of nitrogens with zero attached hydrogens (tertiary/aromatic N) is 2. The van der Waals surface area contributed by atoms with Crippen molar-refractivity contribution in [2.45, 2.75) is 57.1 Å². The molecule has 2 unspecified atom stereocenters. The van der Waals surface area contributed by atoms with E-state index >= 15 is 0 Å². The summed E-state index contributed by atoms with van der Waals surface area (Å²) in [6.45, 7) is 0. The summed E-state index contributed by atoms with van der Waals surface area (Å²) in [5.74, 6) is 2.80. The molecule has 1 aliphatic heterocycles. The average Bonchev–Trinajstić information content (AvgIpc) is 3.11.